The summed E-state index contributed by atoms with van der Waals surface area (Å²) in [7, 11) is -0.807. The molecule has 5 aromatic rings. The molecule has 7 nitrogen and oxygen atoms in total. The van der Waals surface area contributed by atoms with E-state index in [2.05, 4.69) is 9.97 Å². The standard InChI is InChI=1S/C24H19N3O4S/c1-30-21-9-8-16(13-22(21)31-2)20-15-27(24-19(20)6-4-11-26-24)32(28,29)23-7-3-5-17-14-25-12-10-18(17)23/h3-15H,1-2H3. The van der Waals surface area contributed by atoms with Crippen molar-refractivity contribution in [3.63, 3.8) is 0 Å². The van der Waals surface area contributed by atoms with E-state index in [0.717, 1.165) is 16.5 Å². The molecule has 3 aromatic heterocycles. The van der Waals surface area contributed by atoms with Crippen LogP contribution in [-0.2, 0) is 10.0 Å². The molecule has 32 heavy (non-hydrogen) atoms. The van der Waals surface area contributed by atoms with Gasteiger partial charge in [-0.2, -0.15) is 0 Å². The lowest BCUT2D eigenvalue weighted by atomic mass is 10.1. The average Bonchev–Trinajstić information content (AvgIpc) is 3.24. The molecule has 3 heterocycles. The van der Waals surface area contributed by atoms with Crippen molar-refractivity contribution in [3.8, 4) is 22.6 Å². The lowest BCUT2D eigenvalue weighted by molar-refractivity contribution is 0.355. The average molecular weight is 446 g/mol. The van der Waals surface area contributed by atoms with Crippen LogP contribution in [0.2, 0.25) is 0 Å². The normalized spacial score (nSPS) is 11.7. The molecule has 2 aromatic carbocycles. The minimum atomic E-state index is -3.94. The van der Waals surface area contributed by atoms with E-state index < -0.39 is 10.0 Å². The first-order valence-electron chi connectivity index (χ1n) is 9.81. The van der Waals surface area contributed by atoms with Gasteiger partial charge >= 0.3 is 0 Å². The molecule has 8 heteroatoms. The first-order valence-corrected chi connectivity index (χ1v) is 11.3. The first kappa shape index (κ1) is 20.0. The van der Waals surface area contributed by atoms with E-state index in [1.165, 1.54) is 3.97 Å². The maximum Gasteiger partial charge on any atom is 0.270 e. The van der Waals surface area contributed by atoms with E-state index in [-0.39, 0.29) is 4.90 Å². The number of fused-ring (bicyclic) bond motifs is 2. The van der Waals surface area contributed by atoms with Crippen LogP contribution in [0, 0.1) is 0 Å². The highest BCUT2D eigenvalue weighted by atomic mass is 32.2. The van der Waals surface area contributed by atoms with Crippen LogP contribution in [0.4, 0.5) is 0 Å². The fourth-order valence-corrected chi connectivity index (χ4v) is 5.42. The zero-order valence-electron chi connectivity index (χ0n) is 17.4. The summed E-state index contributed by atoms with van der Waals surface area (Å²) >= 11 is 0. The second kappa shape index (κ2) is 7.65. The van der Waals surface area contributed by atoms with Crippen molar-refractivity contribution >= 4 is 31.8 Å². The smallest absolute Gasteiger partial charge is 0.270 e. The van der Waals surface area contributed by atoms with E-state index in [0.29, 0.717) is 27.9 Å². The van der Waals surface area contributed by atoms with Crippen LogP contribution in [0.25, 0.3) is 32.9 Å². The Bertz CT molecular complexity index is 1570. The fourth-order valence-electron chi connectivity index (χ4n) is 3.87. The molecule has 5 rings (SSSR count). The van der Waals surface area contributed by atoms with Crippen LogP contribution >= 0.6 is 0 Å². The predicted octanol–water partition coefficient (Wildman–Crippen LogP) is 4.51. The molecule has 0 aliphatic carbocycles. The minimum Gasteiger partial charge on any atom is -0.493 e. The molecule has 0 saturated carbocycles. The van der Waals surface area contributed by atoms with Gasteiger partial charge in [-0.05, 0) is 42.0 Å². The monoisotopic (exact) mass is 445 g/mol. The number of pyridine rings is 2. The molecule has 0 amide bonds. The number of hydrogen-bond donors (Lipinski definition) is 0. The third-order valence-corrected chi connectivity index (χ3v) is 7.11. The van der Waals surface area contributed by atoms with Crippen LogP contribution in [0.5, 0.6) is 11.5 Å². The van der Waals surface area contributed by atoms with Crippen molar-refractivity contribution in [2.75, 3.05) is 14.2 Å². The summed E-state index contributed by atoms with van der Waals surface area (Å²) in [5.41, 5.74) is 1.86. The van der Waals surface area contributed by atoms with E-state index in [1.807, 2.05) is 24.3 Å². The summed E-state index contributed by atoms with van der Waals surface area (Å²) in [6.07, 6.45) is 6.42. The number of rotatable bonds is 5. The van der Waals surface area contributed by atoms with Gasteiger partial charge in [0.15, 0.2) is 17.1 Å². The molecule has 160 valence electrons. The first-order chi connectivity index (χ1) is 15.5. The van der Waals surface area contributed by atoms with Gasteiger partial charge in [-0.1, -0.05) is 18.2 Å². The van der Waals surface area contributed by atoms with Gasteiger partial charge in [0, 0.05) is 46.5 Å². The topological polar surface area (TPSA) is 83.3 Å². The number of ether oxygens (including phenoxy) is 2. The Morgan fingerprint density at radius 2 is 1.72 bits per heavy atom. The van der Waals surface area contributed by atoms with E-state index in [4.69, 9.17) is 9.47 Å². The van der Waals surface area contributed by atoms with Crippen LogP contribution < -0.4 is 9.47 Å². The van der Waals surface area contributed by atoms with Gasteiger partial charge < -0.3 is 9.47 Å². The Hall–Kier alpha value is -3.91. The number of nitrogens with zero attached hydrogens (tertiary/aromatic N) is 3. The lowest BCUT2D eigenvalue weighted by Crippen LogP contribution is -2.13. The second-order valence-electron chi connectivity index (χ2n) is 7.14. The summed E-state index contributed by atoms with van der Waals surface area (Å²) < 4.78 is 39.6. The highest BCUT2D eigenvalue weighted by Crippen LogP contribution is 2.37. The largest absolute Gasteiger partial charge is 0.493 e. The predicted molar refractivity (Wildman–Crippen MR) is 123 cm³/mol. The lowest BCUT2D eigenvalue weighted by Gasteiger charge is -2.10. The van der Waals surface area contributed by atoms with Gasteiger partial charge in [-0.25, -0.2) is 17.4 Å². The number of methoxy groups -OCH3 is 2. The van der Waals surface area contributed by atoms with Crippen LogP contribution in [0.1, 0.15) is 0 Å². The molecular weight excluding hydrogens is 426 g/mol. The molecule has 0 aliphatic rings. The summed E-state index contributed by atoms with van der Waals surface area (Å²) in [6.45, 7) is 0. The van der Waals surface area contributed by atoms with Crippen molar-refractivity contribution in [2.45, 2.75) is 4.90 Å². The number of aromatic nitrogens is 3. The van der Waals surface area contributed by atoms with Gasteiger partial charge in [0.05, 0.1) is 19.1 Å². The van der Waals surface area contributed by atoms with Crippen LogP contribution in [0.3, 0.4) is 0 Å². The van der Waals surface area contributed by atoms with E-state index in [1.54, 1.807) is 69.3 Å². The summed E-state index contributed by atoms with van der Waals surface area (Å²) in [5.74, 6) is 1.15. The molecule has 0 saturated heterocycles. The van der Waals surface area contributed by atoms with Crippen molar-refractivity contribution in [2.24, 2.45) is 0 Å². The molecular formula is C24H19N3O4S. The van der Waals surface area contributed by atoms with Crippen molar-refractivity contribution in [3.05, 3.63) is 79.4 Å². The number of hydrogen-bond acceptors (Lipinski definition) is 6. The van der Waals surface area contributed by atoms with Crippen molar-refractivity contribution in [1.82, 2.24) is 13.9 Å². The van der Waals surface area contributed by atoms with E-state index >= 15 is 0 Å². The molecule has 0 radical (unpaired) electrons. The molecule has 0 aliphatic heterocycles. The van der Waals surface area contributed by atoms with Gasteiger partial charge in [0.25, 0.3) is 10.0 Å². The molecule has 0 N–H and O–H groups in total. The van der Waals surface area contributed by atoms with Gasteiger partial charge in [-0.15, -0.1) is 0 Å². The SMILES string of the molecule is COc1ccc(-c2cn(S(=O)(=O)c3cccc4cnccc34)c3ncccc23)cc1OC. The highest BCUT2D eigenvalue weighted by molar-refractivity contribution is 7.90. The van der Waals surface area contributed by atoms with Crippen molar-refractivity contribution < 1.29 is 17.9 Å². The summed E-state index contributed by atoms with van der Waals surface area (Å²) in [6, 6.07) is 16.0. The second-order valence-corrected chi connectivity index (χ2v) is 8.92. The summed E-state index contributed by atoms with van der Waals surface area (Å²) in [5, 5.41) is 2.07. The van der Waals surface area contributed by atoms with Gasteiger partial charge in [-0.3, -0.25) is 4.98 Å². The third-order valence-electron chi connectivity index (χ3n) is 5.40. The Morgan fingerprint density at radius 3 is 2.53 bits per heavy atom. The third kappa shape index (κ3) is 3.07. The molecule has 0 unspecified atom stereocenters. The highest BCUT2D eigenvalue weighted by Gasteiger charge is 2.24. The zero-order valence-corrected chi connectivity index (χ0v) is 18.2. The Kier molecular flexibility index (Phi) is 4.79. The Balaban J connectivity index is 1.77. The quantitative estimate of drug-likeness (QED) is 0.396. The maximum atomic E-state index is 13.8. The fraction of sp³-hybridized carbons (Fsp3) is 0.0833. The Labute approximate surface area is 184 Å². The minimum absolute atomic E-state index is 0.193. The van der Waals surface area contributed by atoms with E-state index in [9.17, 15) is 8.42 Å². The van der Waals surface area contributed by atoms with Crippen LogP contribution in [-0.4, -0.2) is 36.6 Å². The number of benzene rings is 2. The molecule has 0 atom stereocenters. The zero-order chi connectivity index (χ0) is 22.3. The summed E-state index contributed by atoms with van der Waals surface area (Å²) in [4.78, 5) is 8.68. The molecule has 0 spiro atoms. The molecule has 0 fully saturated rings. The van der Waals surface area contributed by atoms with Crippen LogP contribution in [0.15, 0.2) is 84.3 Å². The Morgan fingerprint density at radius 1 is 0.875 bits per heavy atom. The maximum absolute atomic E-state index is 13.8. The van der Waals surface area contributed by atoms with Crippen molar-refractivity contribution in [1.29, 1.82) is 0 Å². The van der Waals surface area contributed by atoms with Gasteiger partial charge in [0.2, 0.25) is 0 Å². The van der Waals surface area contributed by atoms with Gasteiger partial charge in [0.1, 0.15) is 0 Å². The molecule has 0 bridgehead atoms.